The van der Waals surface area contributed by atoms with Crippen LogP contribution in [0.2, 0.25) is 0 Å². The summed E-state index contributed by atoms with van der Waals surface area (Å²) < 4.78 is 17.4. The van der Waals surface area contributed by atoms with Crippen LogP contribution in [0.1, 0.15) is 5.69 Å². The van der Waals surface area contributed by atoms with Crippen LogP contribution >= 0.6 is 0 Å². The molecule has 1 aromatic heterocycles. The zero-order valence-corrected chi connectivity index (χ0v) is 5.84. The number of methoxy groups -OCH3 is 1. The van der Waals surface area contributed by atoms with Crippen molar-refractivity contribution < 1.29 is 9.13 Å². The highest BCUT2D eigenvalue weighted by Crippen LogP contribution is 2.11. The van der Waals surface area contributed by atoms with E-state index in [2.05, 4.69) is 9.72 Å². The van der Waals surface area contributed by atoms with Crippen molar-refractivity contribution in [3.05, 3.63) is 23.8 Å². The maximum absolute atomic E-state index is 12.7. The molecule has 0 bridgehead atoms. The molecule has 1 heterocycles. The molecule has 0 saturated heterocycles. The van der Waals surface area contributed by atoms with Crippen molar-refractivity contribution in [2.75, 3.05) is 7.11 Å². The van der Waals surface area contributed by atoms with E-state index in [1.165, 1.54) is 13.3 Å². The van der Waals surface area contributed by atoms with Gasteiger partial charge in [0.25, 0.3) is 0 Å². The van der Waals surface area contributed by atoms with Crippen molar-refractivity contribution in [3.8, 4) is 11.8 Å². The molecule has 0 spiro atoms. The van der Waals surface area contributed by atoms with E-state index >= 15 is 0 Å². The summed E-state index contributed by atoms with van der Waals surface area (Å²) in [6, 6.07) is 2.72. The van der Waals surface area contributed by atoms with Gasteiger partial charge in [0, 0.05) is 6.07 Å². The molecule has 0 N–H and O–H groups in total. The standard InChI is InChI=1S/C7H5FN2O/c1-11-5-2-6(8)7(3-9)10-4-5/h2,4H,1H3. The molecule has 1 rings (SSSR count). The average molecular weight is 152 g/mol. The Hall–Kier alpha value is -1.63. The smallest absolute Gasteiger partial charge is 0.176 e. The average Bonchev–Trinajstić information content (AvgIpc) is 2.04. The fourth-order valence-corrected chi connectivity index (χ4v) is 0.614. The third-order valence-corrected chi connectivity index (χ3v) is 1.16. The van der Waals surface area contributed by atoms with Crippen LogP contribution in [0, 0.1) is 17.1 Å². The number of pyridine rings is 1. The van der Waals surface area contributed by atoms with Crippen LogP contribution in [0.4, 0.5) is 4.39 Å². The third-order valence-electron chi connectivity index (χ3n) is 1.16. The van der Waals surface area contributed by atoms with E-state index in [1.807, 2.05) is 0 Å². The molecule has 11 heavy (non-hydrogen) atoms. The lowest BCUT2D eigenvalue weighted by Crippen LogP contribution is -1.91. The molecule has 0 atom stereocenters. The first kappa shape index (κ1) is 7.48. The molecule has 0 aromatic carbocycles. The minimum Gasteiger partial charge on any atom is -0.495 e. The van der Waals surface area contributed by atoms with Gasteiger partial charge in [-0.3, -0.25) is 0 Å². The van der Waals surface area contributed by atoms with E-state index in [4.69, 9.17) is 5.26 Å². The molecule has 0 unspecified atom stereocenters. The fraction of sp³-hybridized carbons (Fsp3) is 0.143. The Labute approximate surface area is 63.1 Å². The number of hydrogen-bond acceptors (Lipinski definition) is 3. The molecule has 0 aliphatic heterocycles. The number of ether oxygens (including phenoxy) is 1. The molecule has 4 heteroatoms. The van der Waals surface area contributed by atoms with Crippen LogP contribution in [0.5, 0.6) is 5.75 Å². The molecule has 0 fully saturated rings. The van der Waals surface area contributed by atoms with Crippen LogP contribution in [-0.2, 0) is 0 Å². The Balaban J connectivity index is 3.12. The van der Waals surface area contributed by atoms with Crippen molar-refractivity contribution in [1.82, 2.24) is 4.98 Å². The monoisotopic (exact) mass is 152 g/mol. The molecular weight excluding hydrogens is 147 g/mol. The molecule has 56 valence electrons. The van der Waals surface area contributed by atoms with Crippen LogP contribution in [0.25, 0.3) is 0 Å². The first-order valence-electron chi connectivity index (χ1n) is 2.87. The van der Waals surface area contributed by atoms with Gasteiger partial charge >= 0.3 is 0 Å². The van der Waals surface area contributed by atoms with Crippen molar-refractivity contribution >= 4 is 0 Å². The van der Waals surface area contributed by atoms with Gasteiger partial charge in [-0.05, 0) is 0 Å². The summed E-state index contributed by atoms with van der Waals surface area (Å²) >= 11 is 0. The third kappa shape index (κ3) is 1.44. The molecule has 0 radical (unpaired) electrons. The molecular formula is C7H5FN2O. The van der Waals surface area contributed by atoms with E-state index in [0.29, 0.717) is 5.75 Å². The first-order chi connectivity index (χ1) is 5.27. The normalized spacial score (nSPS) is 8.82. The van der Waals surface area contributed by atoms with Crippen molar-refractivity contribution in [1.29, 1.82) is 5.26 Å². The molecule has 0 amide bonds. The molecule has 0 aliphatic rings. The summed E-state index contributed by atoms with van der Waals surface area (Å²) in [5.74, 6) is -0.353. The van der Waals surface area contributed by atoms with Gasteiger partial charge in [-0.15, -0.1) is 0 Å². The van der Waals surface area contributed by atoms with Gasteiger partial charge in [0.15, 0.2) is 11.5 Å². The fourth-order valence-electron chi connectivity index (χ4n) is 0.614. The summed E-state index contributed by atoms with van der Waals surface area (Å²) in [5.41, 5.74) is -0.217. The lowest BCUT2D eigenvalue weighted by Gasteiger charge is -1.97. The summed E-state index contributed by atoms with van der Waals surface area (Å²) in [6.07, 6.45) is 1.29. The number of rotatable bonds is 1. The van der Waals surface area contributed by atoms with Crippen LogP contribution < -0.4 is 4.74 Å². The van der Waals surface area contributed by atoms with Gasteiger partial charge in [0.05, 0.1) is 13.3 Å². The van der Waals surface area contributed by atoms with Crippen LogP contribution in [-0.4, -0.2) is 12.1 Å². The second kappa shape index (κ2) is 2.97. The van der Waals surface area contributed by atoms with Gasteiger partial charge < -0.3 is 4.74 Å². The quantitative estimate of drug-likeness (QED) is 0.605. The zero-order chi connectivity index (χ0) is 8.27. The SMILES string of the molecule is COc1cnc(C#N)c(F)c1. The van der Waals surface area contributed by atoms with Gasteiger partial charge in [-0.1, -0.05) is 0 Å². The summed E-state index contributed by atoms with van der Waals surface area (Å²) in [7, 11) is 1.41. The predicted octanol–water partition coefficient (Wildman–Crippen LogP) is 1.10. The number of nitrogens with zero attached hydrogens (tertiary/aromatic N) is 2. The van der Waals surface area contributed by atoms with E-state index in [1.54, 1.807) is 6.07 Å². The largest absolute Gasteiger partial charge is 0.495 e. The Morgan fingerprint density at radius 3 is 2.91 bits per heavy atom. The Morgan fingerprint density at radius 1 is 1.73 bits per heavy atom. The molecule has 3 nitrogen and oxygen atoms in total. The van der Waals surface area contributed by atoms with Gasteiger partial charge in [0.1, 0.15) is 11.8 Å². The van der Waals surface area contributed by atoms with Crippen LogP contribution in [0.15, 0.2) is 12.3 Å². The maximum Gasteiger partial charge on any atom is 0.176 e. The maximum atomic E-state index is 12.7. The number of nitriles is 1. The predicted molar refractivity (Wildman–Crippen MR) is 35.5 cm³/mol. The number of halogens is 1. The highest BCUT2D eigenvalue weighted by atomic mass is 19.1. The zero-order valence-electron chi connectivity index (χ0n) is 5.84. The Morgan fingerprint density at radius 2 is 2.45 bits per heavy atom. The Bertz CT molecular complexity index is 306. The van der Waals surface area contributed by atoms with Gasteiger partial charge in [-0.2, -0.15) is 5.26 Å². The summed E-state index contributed by atoms with van der Waals surface area (Å²) in [5, 5.41) is 8.29. The second-order valence-electron chi connectivity index (χ2n) is 1.82. The Kier molecular flexibility index (Phi) is 2.02. The van der Waals surface area contributed by atoms with E-state index in [-0.39, 0.29) is 5.69 Å². The minimum atomic E-state index is -0.660. The van der Waals surface area contributed by atoms with Crippen molar-refractivity contribution in [2.24, 2.45) is 0 Å². The molecule has 0 aliphatic carbocycles. The van der Waals surface area contributed by atoms with E-state index in [9.17, 15) is 4.39 Å². The highest BCUT2D eigenvalue weighted by molar-refractivity contribution is 5.28. The second-order valence-corrected chi connectivity index (χ2v) is 1.82. The molecule has 1 aromatic rings. The van der Waals surface area contributed by atoms with Crippen molar-refractivity contribution in [2.45, 2.75) is 0 Å². The lowest BCUT2D eigenvalue weighted by molar-refractivity contribution is 0.408. The van der Waals surface area contributed by atoms with E-state index in [0.717, 1.165) is 6.07 Å². The first-order valence-corrected chi connectivity index (χ1v) is 2.87. The van der Waals surface area contributed by atoms with Crippen molar-refractivity contribution in [3.63, 3.8) is 0 Å². The number of hydrogen-bond donors (Lipinski definition) is 0. The minimum absolute atomic E-state index is 0.217. The lowest BCUT2D eigenvalue weighted by atomic mass is 10.3. The highest BCUT2D eigenvalue weighted by Gasteiger charge is 2.02. The van der Waals surface area contributed by atoms with Gasteiger partial charge in [-0.25, -0.2) is 9.37 Å². The molecule has 0 saturated carbocycles. The van der Waals surface area contributed by atoms with Crippen LogP contribution in [0.3, 0.4) is 0 Å². The summed E-state index contributed by atoms with van der Waals surface area (Å²) in [6.45, 7) is 0. The van der Waals surface area contributed by atoms with E-state index < -0.39 is 5.82 Å². The topological polar surface area (TPSA) is 45.9 Å². The van der Waals surface area contributed by atoms with Gasteiger partial charge in [0.2, 0.25) is 0 Å². The number of aromatic nitrogens is 1. The summed E-state index contributed by atoms with van der Waals surface area (Å²) in [4.78, 5) is 3.51.